The average molecular weight is 162 g/mol. The van der Waals surface area contributed by atoms with Crippen LogP contribution in [-0.4, -0.2) is 12.0 Å². The number of aromatic nitrogens is 1. The van der Waals surface area contributed by atoms with E-state index in [9.17, 15) is 0 Å². The van der Waals surface area contributed by atoms with Gasteiger partial charge in [-0.2, -0.15) is 0 Å². The maximum Gasteiger partial charge on any atom is 0.0860 e. The van der Waals surface area contributed by atoms with Gasteiger partial charge in [-0.15, -0.1) is 0 Å². The Morgan fingerprint density at radius 3 is 2.83 bits per heavy atom. The van der Waals surface area contributed by atoms with Gasteiger partial charge in [0.05, 0.1) is 11.4 Å². The van der Waals surface area contributed by atoms with Gasteiger partial charge in [0.2, 0.25) is 0 Å². The second kappa shape index (κ2) is 3.90. The van der Waals surface area contributed by atoms with Gasteiger partial charge in [-0.05, 0) is 32.1 Å². The maximum absolute atomic E-state index is 4.25. The number of nitrogens with zero attached hydrogens (tertiary/aromatic N) is 1. The van der Waals surface area contributed by atoms with E-state index in [0.717, 1.165) is 11.4 Å². The molecule has 2 nitrogen and oxygen atoms in total. The van der Waals surface area contributed by atoms with Crippen LogP contribution in [0.5, 0.6) is 0 Å². The fourth-order valence-corrected chi connectivity index (χ4v) is 1.02. The smallest absolute Gasteiger partial charge is 0.0860 e. The molecule has 0 bridgehead atoms. The van der Waals surface area contributed by atoms with E-state index in [1.54, 1.807) is 6.20 Å². The van der Waals surface area contributed by atoms with Crippen molar-refractivity contribution in [2.75, 3.05) is 12.4 Å². The van der Waals surface area contributed by atoms with Crippen LogP contribution in [0.1, 0.15) is 19.5 Å². The Bertz CT molecular complexity index is 286. The van der Waals surface area contributed by atoms with Gasteiger partial charge < -0.3 is 5.32 Å². The van der Waals surface area contributed by atoms with Crippen molar-refractivity contribution in [3.8, 4) is 0 Å². The molecule has 0 saturated carbocycles. The Kier molecular flexibility index (Phi) is 2.86. The molecule has 0 saturated heterocycles. The number of hydrogen-bond acceptors (Lipinski definition) is 2. The molecule has 0 spiro atoms. The monoisotopic (exact) mass is 162 g/mol. The van der Waals surface area contributed by atoms with Crippen molar-refractivity contribution >= 4 is 11.8 Å². The molecule has 64 valence electrons. The lowest BCUT2D eigenvalue weighted by atomic mass is 10.2. The molecule has 0 aliphatic heterocycles. The minimum absolute atomic E-state index is 1.00. The summed E-state index contributed by atoms with van der Waals surface area (Å²) in [5, 5.41) is 3.09. The van der Waals surface area contributed by atoms with Gasteiger partial charge in [0.15, 0.2) is 0 Å². The average Bonchev–Trinajstić information content (AvgIpc) is 2.04. The van der Waals surface area contributed by atoms with Crippen molar-refractivity contribution in [1.82, 2.24) is 4.98 Å². The van der Waals surface area contributed by atoms with Crippen molar-refractivity contribution in [3.63, 3.8) is 0 Å². The molecule has 1 aromatic heterocycles. The van der Waals surface area contributed by atoms with Crippen molar-refractivity contribution < 1.29 is 0 Å². The zero-order valence-corrected chi connectivity index (χ0v) is 7.76. The van der Waals surface area contributed by atoms with Crippen LogP contribution in [0.4, 0.5) is 5.69 Å². The molecule has 0 aliphatic carbocycles. The molecular formula is C10H14N2. The summed E-state index contributed by atoms with van der Waals surface area (Å²) >= 11 is 0. The highest BCUT2D eigenvalue weighted by atomic mass is 14.9. The molecule has 12 heavy (non-hydrogen) atoms. The molecule has 1 N–H and O–H groups in total. The first-order valence-electron chi connectivity index (χ1n) is 4.01. The van der Waals surface area contributed by atoms with E-state index < -0.39 is 0 Å². The summed E-state index contributed by atoms with van der Waals surface area (Å²) in [6.07, 6.45) is 3.86. The van der Waals surface area contributed by atoms with Gasteiger partial charge in [0, 0.05) is 13.2 Å². The van der Waals surface area contributed by atoms with Crippen LogP contribution in [0.15, 0.2) is 23.9 Å². The molecule has 0 radical (unpaired) electrons. The molecule has 0 unspecified atom stereocenters. The van der Waals surface area contributed by atoms with Crippen molar-refractivity contribution in [2.45, 2.75) is 13.8 Å². The SMILES string of the molecule is CNc1cccnc1C=C(C)C. The zero-order valence-electron chi connectivity index (χ0n) is 7.76. The van der Waals surface area contributed by atoms with Crippen LogP contribution in [-0.2, 0) is 0 Å². The Labute approximate surface area is 73.3 Å². The Hall–Kier alpha value is -1.31. The Balaban J connectivity index is 3.05. The minimum atomic E-state index is 1.00. The summed E-state index contributed by atoms with van der Waals surface area (Å²) < 4.78 is 0. The summed E-state index contributed by atoms with van der Waals surface area (Å²) in [5.41, 5.74) is 3.32. The lowest BCUT2D eigenvalue weighted by molar-refractivity contribution is 1.27. The molecule has 0 atom stereocenters. The van der Waals surface area contributed by atoms with Crippen LogP contribution in [0.2, 0.25) is 0 Å². The minimum Gasteiger partial charge on any atom is -0.386 e. The molecule has 0 fully saturated rings. The quantitative estimate of drug-likeness (QED) is 0.722. The highest BCUT2D eigenvalue weighted by Gasteiger charge is 1.95. The fourth-order valence-electron chi connectivity index (χ4n) is 1.02. The molecule has 0 amide bonds. The van der Waals surface area contributed by atoms with Gasteiger partial charge in [-0.3, -0.25) is 4.98 Å². The number of allylic oxidation sites excluding steroid dienone is 1. The van der Waals surface area contributed by atoms with Crippen molar-refractivity contribution in [3.05, 3.63) is 29.6 Å². The van der Waals surface area contributed by atoms with Gasteiger partial charge >= 0.3 is 0 Å². The van der Waals surface area contributed by atoms with Gasteiger partial charge in [0.25, 0.3) is 0 Å². The van der Waals surface area contributed by atoms with E-state index in [1.807, 2.05) is 19.2 Å². The normalized spacial score (nSPS) is 9.25. The molecule has 1 heterocycles. The number of pyridine rings is 1. The maximum atomic E-state index is 4.25. The highest BCUT2D eigenvalue weighted by Crippen LogP contribution is 2.14. The van der Waals surface area contributed by atoms with Crippen molar-refractivity contribution in [1.29, 1.82) is 0 Å². The molecule has 1 aromatic rings. The van der Waals surface area contributed by atoms with E-state index in [-0.39, 0.29) is 0 Å². The standard InChI is InChI=1S/C10H14N2/c1-8(2)7-10-9(11-3)5-4-6-12-10/h4-7,11H,1-3H3. The topological polar surface area (TPSA) is 24.9 Å². The Morgan fingerprint density at radius 1 is 1.50 bits per heavy atom. The number of hydrogen-bond donors (Lipinski definition) is 1. The van der Waals surface area contributed by atoms with E-state index in [4.69, 9.17) is 0 Å². The molecule has 2 heteroatoms. The lowest BCUT2D eigenvalue weighted by Gasteiger charge is -2.03. The fraction of sp³-hybridized carbons (Fsp3) is 0.300. The second-order valence-corrected chi connectivity index (χ2v) is 2.91. The second-order valence-electron chi connectivity index (χ2n) is 2.91. The lowest BCUT2D eigenvalue weighted by Crippen LogP contribution is -1.93. The largest absolute Gasteiger partial charge is 0.386 e. The third-order valence-electron chi connectivity index (χ3n) is 1.53. The van der Waals surface area contributed by atoms with E-state index >= 15 is 0 Å². The molecular weight excluding hydrogens is 148 g/mol. The predicted octanol–water partition coefficient (Wildman–Crippen LogP) is 2.55. The first-order chi connectivity index (χ1) is 5.74. The molecule has 1 rings (SSSR count). The summed E-state index contributed by atoms with van der Waals surface area (Å²) in [6.45, 7) is 4.13. The number of rotatable bonds is 2. The third-order valence-corrected chi connectivity index (χ3v) is 1.53. The summed E-state index contributed by atoms with van der Waals surface area (Å²) in [4.78, 5) is 4.25. The van der Waals surface area contributed by atoms with Crippen LogP contribution in [0, 0.1) is 0 Å². The van der Waals surface area contributed by atoms with Gasteiger partial charge in [-0.1, -0.05) is 5.57 Å². The van der Waals surface area contributed by atoms with E-state index in [2.05, 4.69) is 30.2 Å². The van der Waals surface area contributed by atoms with Crippen LogP contribution in [0.25, 0.3) is 6.08 Å². The third kappa shape index (κ3) is 2.09. The summed E-state index contributed by atoms with van der Waals surface area (Å²) in [6, 6.07) is 3.94. The first kappa shape index (κ1) is 8.78. The van der Waals surface area contributed by atoms with Gasteiger partial charge in [-0.25, -0.2) is 0 Å². The van der Waals surface area contributed by atoms with E-state index in [0.29, 0.717) is 0 Å². The predicted molar refractivity (Wildman–Crippen MR) is 53.1 cm³/mol. The number of nitrogens with one attached hydrogen (secondary N) is 1. The van der Waals surface area contributed by atoms with Crippen LogP contribution in [0.3, 0.4) is 0 Å². The van der Waals surface area contributed by atoms with Crippen LogP contribution >= 0.6 is 0 Å². The Morgan fingerprint density at radius 2 is 2.25 bits per heavy atom. The molecule has 0 aliphatic rings. The van der Waals surface area contributed by atoms with Gasteiger partial charge in [0.1, 0.15) is 0 Å². The summed E-state index contributed by atoms with van der Waals surface area (Å²) in [5.74, 6) is 0. The summed E-state index contributed by atoms with van der Waals surface area (Å²) in [7, 11) is 1.90. The zero-order chi connectivity index (χ0) is 8.97. The first-order valence-corrected chi connectivity index (χ1v) is 4.01. The number of anilines is 1. The highest BCUT2D eigenvalue weighted by molar-refractivity contribution is 5.63. The molecule has 0 aromatic carbocycles. The van der Waals surface area contributed by atoms with Crippen LogP contribution < -0.4 is 5.32 Å². The van der Waals surface area contributed by atoms with E-state index in [1.165, 1.54) is 5.57 Å². The van der Waals surface area contributed by atoms with Crippen molar-refractivity contribution in [2.24, 2.45) is 0 Å².